The van der Waals surface area contributed by atoms with E-state index in [2.05, 4.69) is 48.5 Å². The Morgan fingerprint density at radius 1 is 1.50 bits per heavy atom. The first-order valence-electron chi connectivity index (χ1n) is 5.74. The Balaban J connectivity index is 1.91. The molecule has 0 bridgehead atoms. The van der Waals surface area contributed by atoms with Gasteiger partial charge in [0.15, 0.2) is 0 Å². The lowest BCUT2D eigenvalue weighted by Crippen LogP contribution is -2.27. The van der Waals surface area contributed by atoms with E-state index in [4.69, 9.17) is 0 Å². The third-order valence-corrected chi connectivity index (χ3v) is 5.04. The summed E-state index contributed by atoms with van der Waals surface area (Å²) in [5, 5.41) is 3.63. The lowest BCUT2D eigenvalue weighted by Gasteiger charge is -2.12. The topological polar surface area (TPSA) is 12.0 Å². The van der Waals surface area contributed by atoms with E-state index < -0.39 is 0 Å². The maximum atomic E-state index is 3.63. The molecule has 1 aromatic rings. The quantitative estimate of drug-likeness (QED) is 0.827. The summed E-state index contributed by atoms with van der Waals surface area (Å²) in [6.45, 7) is 3.21. The molecule has 1 fully saturated rings. The predicted octanol–water partition coefficient (Wildman–Crippen LogP) is 3.31. The number of hydrogen-bond acceptors (Lipinski definition) is 3. The van der Waals surface area contributed by atoms with E-state index in [9.17, 15) is 0 Å². The van der Waals surface area contributed by atoms with Crippen molar-refractivity contribution in [1.82, 2.24) is 5.32 Å². The van der Waals surface area contributed by atoms with Gasteiger partial charge in [0.05, 0.1) is 0 Å². The molecule has 16 heavy (non-hydrogen) atoms. The maximum Gasteiger partial charge on any atom is 0.0208 e. The Bertz CT molecular complexity index is 346. The smallest absolute Gasteiger partial charge is 0.0208 e. The van der Waals surface area contributed by atoms with Gasteiger partial charge in [-0.25, -0.2) is 0 Å². The highest BCUT2D eigenvalue weighted by atomic mass is 32.2. The van der Waals surface area contributed by atoms with Crippen molar-refractivity contribution < 1.29 is 0 Å². The van der Waals surface area contributed by atoms with Gasteiger partial charge in [0.2, 0.25) is 0 Å². The van der Waals surface area contributed by atoms with E-state index in [0.717, 1.165) is 12.6 Å². The van der Waals surface area contributed by atoms with E-state index in [1.54, 1.807) is 0 Å². The molecule has 0 amide bonds. The third-order valence-electron chi connectivity index (χ3n) is 2.98. The second kappa shape index (κ2) is 5.99. The first-order valence-corrected chi connectivity index (χ1v) is 8.12. The van der Waals surface area contributed by atoms with E-state index in [-0.39, 0.29) is 0 Å². The molecule has 0 aromatic heterocycles. The van der Waals surface area contributed by atoms with Crippen LogP contribution in [0.1, 0.15) is 17.5 Å². The zero-order valence-electron chi connectivity index (χ0n) is 9.95. The zero-order chi connectivity index (χ0) is 11.4. The van der Waals surface area contributed by atoms with Gasteiger partial charge in [0, 0.05) is 23.2 Å². The van der Waals surface area contributed by atoms with Crippen molar-refractivity contribution in [2.45, 2.75) is 30.8 Å². The molecule has 1 nitrogen and oxygen atoms in total. The first-order chi connectivity index (χ1) is 7.79. The van der Waals surface area contributed by atoms with Gasteiger partial charge < -0.3 is 5.32 Å². The van der Waals surface area contributed by atoms with Gasteiger partial charge in [-0.3, -0.25) is 0 Å². The zero-order valence-corrected chi connectivity index (χ0v) is 11.6. The molecule has 3 heteroatoms. The summed E-state index contributed by atoms with van der Waals surface area (Å²) < 4.78 is 0. The van der Waals surface area contributed by atoms with Crippen LogP contribution in [0, 0.1) is 6.92 Å². The van der Waals surface area contributed by atoms with Crippen LogP contribution < -0.4 is 5.32 Å². The van der Waals surface area contributed by atoms with Crippen molar-refractivity contribution >= 4 is 23.5 Å². The molecule has 0 radical (unpaired) electrons. The van der Waals surface area contributed by atoms with Crippen LogP contribution in [0.4, 0.5) is 0 Å². The summed E-state index contributed by atoms with van der Waals surface area (Å²) in [7, 11) is 0. The molecule has 1 aromatic carbocycles. The second-order valence-electron chi connectivity index (χ2n) is 4.25. The molecule has 1 aliphatic rings. The van der Waals surface area contributed by atoms with Crippen LogP contribution in [-0.4, -0.2) is 23.8 Å². The average Bonchev–Trinajstić information content (AvgIpc) is 2.79. The summed E-state index contributed by atoms with van der Waals surface area (Å²) in [5.74, 6) is 2.60. The Morgan fingerprint density at radius 2 is 2.38 bits per heavy atom. The predicted molar refractivity (Wildman–Crippen MR) is 75.5 cm³/mol. The van der Waals surface area contributed by atoms with Crippen LogP contribution in [0.15, 0.2) is 23.1 Å². The van der Waals surface area contributed by atoms with Crippen molar-refractivity contribution in [2.75, 3.05) is 17.8 Å². The van der Waals surface area contributed by atoms with Gasteiger partial charge >= 0.3 is 0 Å². The molecular weight excluding hydrogens is 234 g/mol. The summed E-state index contributed by atoms with van der Waals surface area (Å²) in [6.07, 6.45) is 3.46. The van der Waals surface area contributed by atoms with E-state index in [1.165, 1.54) is 33.9 Å². The van der Waals surface area contributed by atoms with Gasteiger partial charge in [-0.2, -0.15) is 11.8 Å². The number of thioether (sulfide) groups is 2. The fraction of sp³-hybridized carbons (Fsp3) is 0.538. The summed E-state index contributed by atoms with van der Waals surface area (Å²) in [6, 6.07) is 7.51. The van der Waals surface area contributed by atoms with Gasteiger partial charge in [0.25, 0.3) is 0 Å². The molecule has 1 unspecified atom stereocenters. The van der Waals surface area contributed by atoms with Crippen LogP contribution in [0.5, 0.6) is 0 Å². The molecule has 0 aliphatic carbocycles. The number of aryl methyl sites for hydroxylation is 1. The van der Waals surface area contributed by atoms with Crippen LogP contribution >= 0.6 is 23.5 Å². The highest BCUT2D eigenvalue weighted by molar-refractivity contribution is 7.99. The lowest BCUT2D eigenvalue weighted by molar-refractivity contribution is 0.557. The fourth-order valence-corrected chi connectivity index (χ4v) is 3.78. The molecular formula is C13H19NS2. The summed E-state index contributed by atoms with van der Waals surface area (Å²) in [5.41, 5.74) is 2.81. The summed E-state index contributed by atoms with van der Waals surface area (Å²) in [4.78, 5) is 1.39. The Morgan fingerprint density at radius 3 is 3.00 bits per heavy atom. The van der Waals surface area contributed by atoms with Gasteiger partial charge in [-0.05, 0) is 42.5 Å². The van der Waals surface area contributed by atoms with Crippen LogP contribution in [-0.2, 0) is 6.54 Å². The normalized spacial score (nSPS) is 20.2. The number of nitrogens with one attached hydrogen (secondary N) is 1. The first kappa shape index (κ1) is 12.3. The minimum Gasteiger partial charge on any atom is -0.309 e. The minimum atomic E-state index is 0.727. The Hall–Kier alpha value is -0.120. The standard InChI is InChI=1S/C13H19NS2/c1-10-7-11(3-4-13(10)15-2)8-14-12-5-6-16-9-12/h3-4,7,12,14H,5-6,8-9H2,1-2H3. The largest absolute Gasteiger partial charge is 0.309 e. The van der Waals surface area contributed by atoms with E-state index >= 15 is 0 Å². The van der Waals surface area contributed by atoms with E-state index in [1.807, 2.05) is 11.8 Å². The molecule has 0 saturated carbocycles. The molecule has 1 aliphatic heterocycles. The molecule has 0 spiro atoms. The monoisotopic (exact) mass is 253 g/mol. The molecule has 88 valence electrons. The molecule has 1 N–H and O–H groups in total. The van der Waals surface area contributed by atoms with Crippen LogP contribution in [0.2, 0.25) is 0 Å². The number of rotatable bonds is 4. The van der Waals surface area contributed by atoms with Crippen molar-refractivity contribution in [3.8, 4) is 0 Å². The molecule has 1 saturated heterocycles. The summed E-state index contributed by atoms with van der Waals surface area (Å²) >= 11 is 3.88. The molecule has 2 rings (SSSR count). The minimum absolute atomic E-state index is 0.727. The number of hydrogen-bond donors (Lipinski definition) is 1. The third kappa shape index (κ3) is 3.19. The van der Waals surface area contributed by atoms with Crippen molar-refractivity contribution in [3.05, 3.63) is 29.3 Å². The van der Waals surface area contributed by atoms with Crippen molar-refractivity contribution in [1.29, 1.82) is 0 Å². The highest BCUT2D eigenvalue weighted by Crippen LogP contribution is 2.21. The van der Waals surface area contributed by atoms with Gasteiger partial charge in [-0.15, -0.1) is 11.8 Å². The van der Waals surface area contributed by atoms with Crippen molar-refractivity contribution in [3.63, 3.8) is 0 Å². The fourth-order valence-electron chi connectivity index (χ4n) is 2.01. The molecule has 1 atom stereocenters. The van der Waals surface area contributed by atoms with Gasteiger partial charge in [0.1, 0.15) is 0 Å². The highest BCUT2D eigenvalue weighted by Gasteiger charge is 2.14. The van der Waals surface area contributed by atoms with E-state index in [0.29, 0.717) is 0 Å². The average molecular weight is 253 g/mol. The Labute approximate surface area is 107 Å². The Kier molecular flexibility index (Phi) is 4.62. The second-order valence-corrected chi connectivity index (χ2v) is 6.24. The molecule has 1 heterocycles. The van der Waals surface area contributed by atoms with Crippen LogP contribution in [0.25, 0.3) is 0 Å². The SMILES string of the molecule is CSc1ccc(CNC2CCSC2)cc1C. The van der Waals surface area contributed by atoms with Crippen molar-refractivity contribution in [2.24, 2.45) is 0 Å². The maximum absolute atomic E-state index is 3.63. The number of benzene rings is 1. The van der Waals surface area contributed by atoms with Gasteiger partial charge in [-0.1, -0.05) is 12.1 Å². The lowest BCUT2D eigenvalue weighted by atomic mass is 10.1. The van der Waals surface area contributed by atoms with Crippen LogP contribution in [0.3, 0.4) is 0 Å².